The van der Waals surface area contributed by atoms with Crippen molar-refractivity contribution in [2.24, 2.45) is 5.92 Å². The van der Waals surface area contributed by atoms with Crippen LogP contribution in [0.25, 0.3) is 0 Å². The molecule has 2 aromatic rings. The fraction of sp³-hybridized carbons (Fsp3) is 0.440. The number of carbonyl (C=O) groups is 2. The molecule has 0 aromatic heterocycles. The minimum atomic E-state index is -0.758. The average Bonchev–Trinajstić information content (AvgIpc) is 3.12. The normalized spacial score (nSPS) is 18.5. The molecular formula is C25H32N2O4. The van der Waals surface area contributed by atoms with Crippen LogP contribution in [0.3, 0.4) is 0 Å². The minimum Gasteiger partial charge on any atom is -0.508 e. The van der Waals surface area contributed by atoms with Crippen LogP contribution in [0.15, 0.2) is 54.6 Å². The lowest BCUT2D eigenvalue weighted by Crippen LogP contribution is -2.48. The molecule has 6 heteroatoms. The molecule has 1 heterocycles. The Morgan fingerprint density at radius 2 is 1.74 bits per heavy atom. The number of hydrogen-bond acceptors (Lipinski definition) is 4. The van der Waals surface area contributed by atoms with Crippen molar-refractivity contribution in [2.45, 2.75) is 52.3 Å². The van der Waals surface area contributed by atoms with E-state index in [-0.39, 0.29) is 35.7 Å². The summed E-state index contributed by atoms with van der Waals surface area (Å²) in [6.45, 7) is 8.76. The van der Waals surface area contributed by atoms with Gasteiger partial charge in [-0.05, 0) is 43.0 Å². The Morgan fingerprint density at radius 1 is 1.10 bits per heavy atom. The highest BCUT2D eigenvalue weighted by Gasteiger charge is 2.46. The summed E-state index contributed by atoms with van der Waals surface area (Å²) in [7, 11) is 0. The van der Waals surface area contributed by atoms with Crippen LogP contribution in [0.5, 0.6) is 5.75 Å². The van der Waals surface area contributed by atoms with Crippen LogP contribution in [-0.4, -0.2) is 52.1 Å². The van der Waals surface area contributed by atoms with Crippen molar-refractivity contribution in [3.8, 4) is 5.75 Å². The molecule has 1 N–H and O–H groups in total. The second-order valence-corrected chi connectivity index (χ2v) is 8.36. The summed E-state index contributed by atoms with van der Waals surface area (Å²) in [6.07, 6.45) is -0.415. The van der Waals surface area contributed by atoms with Crippen molar-refractivity contribution in [1.29, 1.82) is 0 Å². The number of amides is 3. The molecule has 0 radical (unpaired) electrons. The molecule has 0 bridgehead atoms. The molecule has 0 spiro atoms. The van der Waals surface area contributed by atoms with E-state index in [9.17, 15) is 14.7 Å². The summed E-state index contributed by atoms with van der Waals surface area (Å²) >= 11 is 0. The number of benzene rings is 2. The molecule has 2 aromatic carbocycles. The van der Waals surface area contributed by atoms with Gasteiger partial charge in [0.1, 0.15) is 11.9 Å². The number of phenols is 1. The SMILES string of the molecule is CCO[C@@H](Cc1ccc(O)cc1)C(=O)N1C(=O)N([C@@H](C)c2ccccc2)C[C@H]1C(C)C. The Morgan fingerprint density at radius 3 is 2.32 bits per heavy atom. The Kier molecular flexibility index (Phi) is 7.33. The summed E-state index contributed by atoms with van der Waals surface area (Å²) < 4.78 is 5.78. The number of imide groups is 1. The maximum absolute atomic E-state index is 13.5. The van der Waals surface area contributed by atoms with Crippen molar-refractivity contribution in [1.82, 2.24) is 9.80 Å². The van der Waals surface area contributed by atoms with Crippen molar-refractivity contribution in [2.75, 3.05) is 13.2 Å². The molecule has 0 unspecified atom stereocenters. The van der Waals surface area contributed by atoms with Gasteiger partial charge in [-0.1, -0.05) is 56.3 Å². The lowest BCUT2D eigenvalue weighted by Gasteiger charge is -2.28. The first-order chi connectivity index (χ1) is 14.8. The molecule has 6 nitrogen and oxygen atoms in total. The fourth-order valence-corrected chi connectivity index (χ4v) is 4.06. The molecule has 166 valence electrons. The van der Waals surface area contributed by atoms with Gasteiger partial charge in [0, 0.05) is 19.6 Å². The Labute approximate surface area is 184 Å². The highest BCUT2D eigenvalue weighted by atomic mass is 16.5. The minimum absolute atomic E-state index is 0.122. The lowest BCUT2D eigenvalue weighted by molar-refractivity contribution is -0.141. The third-order valence-corrected chi connectivity index (χ3v) is 5.92. The molecule has 3 amide bonds. The number of phenolic OH excluding ortho intramolecular Hbond substituents is 1. The molecule has 1 aliphatic rings. The molecule has 0 aliphatic carbocycles. The summed E-state index contributed by atoms with van der Waals surface area (Å²) in [5.41, 5.74) is 1.91. The van der Waals surface area contributed by atoms with Crippen LogP contribution in [0.2, 0.25) is 0 Å². The number of nitrogens with zero attached hydrogens (tertiary/aromatic N) is 2. The third-order valence-electron chi connectivity index (χ3n) is 5.92. The number of ether oxygens (including phenoxy) is 1. The van der Waals surface area contributed by atoms with Gasteiger partial charge in [0.2, 0.25) is 0 Å². The molecule has 31 heavy (non-hydrogen) atoms. The van der Waals surface area contributed by atoms with Gasteiger partial charge in [0.15, 0.2) is 0 Å². The Bertz CT molecular complexity index is 882. The van der Waals surface area contributed by atoms with E-state index in [2.05, 4.69) is 0 Å². The number of hydrogen-bond donors (Lipinski definition) is 1. The Hall–Kier alpha value is -2.86. The van der Waals surface area contributed by atoms with E-state index in [4.69, 9.17) is 4.74 Å². The van der Waals surface area contributed by atoms with E-state index in [0.29, 0.717) is 19.6 Å². The first-order valence-electron chi connectivity index (χ1n) is 10.9. The molecule has 1 saturated heterocycles. The van der Waals surface area contributed by atoms with Gasteiger partial charge in [-0.2, -0.15) is 0 Å². The van der Waals surface area contributed by atoms with E-state index in [1.165, 1.54) is 4.90 Å². The van der Waals surface area contributed by atoms with E-state index < -0.39 is 6.10 Å². The van der Waals surface area contributed by atoms with Crippen molar-refractivity contribution in [3.05, 3.63) is 65.7 Å². The molecule has 1 aliphatic heterocycles. The zero-order valence-corrected chi connectivity index (χ0v) is 18.7. The zero-order chi connectivity index (χ0) is 22.5. The van der Waals surface area contributed by atoms with Gasteiger partial charge in [0.25, 0.3) is 5.91 Å². The van der Waals surface area contributed by atoms with Crippen LogP contribution in [0.4, 0.5) is 4.79 Å². The number of carbonyl (C=O) groups excluding carboxylic acids is 2. The summed E-state index contributed by atoms with van der Waals surface area (Å²) in [5, 5.41) is 9.52. The van der Waals surface area contributed by atoms with Gasteiger partial charge in [-0.3, -0.25) is 9.69 Å². The maximum atomic E-state index is 13.5. The van der Waals surface area contributed by atoms with Crippen LogP contribution >= 0.6 is 0 Å². The van der Waals surface area contributed by atoms with E-state index in [1.807, 2.05) is 58.0 Å². The average molecular weight is 425 g/mol. The van der Waals surface area contributed by atoms with Gasteiger partial charge in [0.05, 0.1) is 12.1 Å². The Balaban J connectivity index is 1.85. The van der Waals surface area contributed by atoms with Crippen LogP contribution in [0, 0.1) is 5.92 Å². The third kappa shape index (κ3) is 5.07. The number of aromatic hydroxyl groups is 1. The molecular weight excluding hydrogens is 392 g/mol. The van der Waals surface area contributed by atoms with Gasteiger partial charge in [-0.15, -0.1) is 0 Å². The predicted molar refractivity (Wildman–Crippen MR) is 120 cm³/mol. The summed E-state index contributed by atoms with van der Waals surface area (Å²) in [5.74, 6) is -0.0126. The summed E-state index contributed by atoms with van der Waals surface area (Å²) in [6, 6.07) is 16.0. The monoisotopic (exact) mass is 424 g/mol. The zero-order valence-electron chi connectivity index (χ0n) is 18.7. The van der Waals surface area contributed by atoms with Crippen molar-refractivity contribution < 1.29 is 19.4 Å². The second-order valence-electron chi connectivity index (χ2n) is 8.36. The number of rotatable bonds is 8. The topological polar surface area (TPSA) is 70.1 Å². The van der Waals surface area contributed by atoms with Crippen LogP contribution < -0.4 is 0 Å². The van der Waals surface area contributed by atoms with Crippen molar-refractivity contribution >= 4 is 11.9 Å². The quantitative estimate of drug-likeness (QED) is 0.682. The largest absolute Gasteiger partial charge is 0.508 e. The highest BCUT2D eigenvalue weighted by molar-refractivity contribution is 5.98. The number of urea groups is 1. The second kappa shape index (κ2) is 9.96. The molecule has 3 rings (SSSR count). The molecule has 1 fully saturated rings. The first-order valence-corrected chi connectivity index (χ1v) is 10.9. The highest BCUT2D eigenvalue weighted by Crippen LogP contribution is 2.31. The van der Waals surface area contributed by atoms with Gasteiger partial charge >= 0.3 is 6.03 Å². The van der Waals surface area contributed by atoms with Crippen LogP contribution in [0.1, 0.15) is 44.9 Å². The van der Waals surface area contributed by atoms with E-state index >= 15 is 0 Å². The smallest absolute Gasteiger partial charge is 0.327 e. The fourth-order valence-electron chi connectivity index (χ4n) is 4.06. The van der Waals surface area contributed by atoms with Gasteiger partial charge in [-0.25, -0.2) is 4.79 Å². The van der Waals surface area contributed by atoms with Crippen molar-refractivity contribution in [3.63, 3.8) is 0 Å². The lowest BCUT2D eigenvalue weighted by atomic mass is 10.0. The van der Waals surface area contributed by atoms with Gasteiger partial charge < -0.3 is 14.7 Å². The first kappa shape index (κ1) is 22.8. The maximum Gasteiger partial charge on any atom is 0.327 e. The standard InChI is InChI=1S/C25H32N2O4/c1-5-31-23(15-19-11-13-21(28)14-12-19)24(29)27-22(17(2)3)16-26(25(27)30)18(4)20-9-7-6-8-10-20/h6-14,17-18,22-23,28H,5,15-16H2,1-4H3/t18-,22-,23-/m0/s1. The van der Waals surface area contributed by atoms with Crippen LogP contribution in [-0.2, 0) is 16.0 Å². The molecule has 3 atom stereocenters. The molecule has 0 saturated carbocycles. The van der Waals surface area contributed by atoms with E-state index in [0.717, 1.165) is 11.1 Å². The van der Waals surface area contributed by atoms with E-state index in [1.54, 1.807) is 29.2 Å². The summed E-state index contributed by atoms with van der Waals surface area (Å²) in [4.78, 5) is 30.2. The predicted octanol–water partition coefficient (Wildman–Crippen LogP) is 4.39.